The molecular weight excluding hydrogens is 207 g/mol. The van der Waals surface area contributed by atoms with Crippen molar-refractivity contribution < 1.29 is 4.39 Å². The highest BCUT2D eigenvalue weighted by Crippen LogP contribution is 2.16. The van der Waals surface area contributed by atoms with E-state index in [9.17, 15) is 4.39 Å². The Balaban J connectivity index is 2.40. The Morgan fingerprint density at radius 3 is 3.00 bits per heavy atom. The van der Waals surface area contributed by atoms with Gasteiger partial charge in [-0.3, -0.25) is 0 Å². The molecule has 2 aromatic rings. The average molecular weight is 220 g/mol. The van der Waals surface area contributed by atoms with Crippen molar-refractivity contribution in [2.24, 2.45) is 0 Å². The van der Waals surface area contributed by atoms with E-state index < -0.39 is 0 Å². The third kappa shape index (κ3) is 2.09. The SMILES string of the molecule is CCNCc1c(F)cccc1-n1cncn1. The van der Waals surface area contributed by atoms with Crippen molar-refractivity contribution in [1.29, 1.82) is 0 Å². The third-order valence-corrected chi connectivity index (χ3v) is 2.31. The van der Waals surface area contributed by atoms with Crippen LogP contribution in [0.15, 0.2) is 30.9 Å². The average Bonchev–Trinajstić information content (AvgIpc) is 2.80. The van der Waals surface area contributed by atoms with Crippen molar-refractivity contribution in [2.45, 2.75) is 13.5 Å². The van der Waals surface area contributed by atoms with Crippen molar-refractivity contribution in [2.75, 3.05) is 6.54 Å². The minimum absolute atomic E-state index is 0.228. The van der Waals surface area contributed by atoms with E-state index in [2.05, 4.69) is 15.4 Å². The monoisotopic (exact) mass is 220 g/mol. The lowest BCUT2D eigenvalue weighted by Crippen LogP contribution is -2.15. The predicted molar refractivity (Wildman–Crippen MR) is 58.7 cm³/mol. The van der Waals surface area contributed by atoms with Crippen molar-refractivity contribution >= 4 is 0 Å². The van der Waals surface area contributed by atoms with Gasteiger partial charge in [0, 0.05) is 12.1 Å². The van der Waals surface area contributed by atoms with Gasteiger partial charge in [-0.15, -0.1) is 0 Å². The molecule has 84 valence electrons. The Bertz CT molecular complexity index is 453. The number of nitrogens with zero attached hydrogens (tertiary/aromatic N) is 3. The van der Waals surface area contributed by atoms with Crippen LogP contribution in [0.5, 0.6) is 0 Å². The zero-order chi connectivity index (χ0) is 11.4. The lowest BCUT2D eigenvalue weighted by atomic mass is 10.1. The molecule has 4 nitrogen and oxygen atoms in total. The second-order valence-corrected chi connectivity index (χ2v) is 3.36. The lowest BCUT2D eigenvalue weighted by molar-refractivity contribution is 0.589. The molecule has 0 radical (unpaired) electrons. The van der Waals surface area contributed by atoms with Crippen LogP contribution in [0.25, 0.3) is 5.69 Å². The number of hydrogen-bond donors (Lipinski definition) is 1. The normalized spacial score (nSPS) is 10.6. The fraction of sp³-hybridized carbons (Fsp3) is 0.273. The van der Waals surface area contributed by atoms with Crippen molar-refractivity contribution in [3.05, 3.63) is 42.2 Å². The second-order valence-electron chi connectivity index (χ2n) is 3.36. The molecule has 0 aliphatic heterocycles. The van der Waals surface area contributed by atoms with Crippen molar-refractivity contribution in [3.8, 4) is 5.69 Å². The smallest absolute Gasteiger partial charge is 0.138 e. The van der Waals surface area contributed by atoms with E-state index in [0.717, 1.165) is 12.2 Å². The highest BCUT2D eigenvalue weighted by molar-refractivity contribution is 5.40. The summed E-state index contributed by atoms with van der Waals surface area (Å²) in [6, 6.07) is 4.94. The van der Waals surface area contributed by atoms with E-state index in [1.165, 1.54) is 12.4 Å². The quantitative estimate of drug-likeness (QED) is 0.849. The van der Waals surface area contributed by atoms with Gasteiger partial charge in [-0.05, 0) is 18.7 Å². The van der Waals surface area contributed by atoms with Gasteiger partial charge in [0.15, 0.2) is 0 Å². The summed E-state index contributed by atoms with van der Waals surface area (Å²) in [5.74, 6) is -0.228. The molecule has 5 heteroatoms. The zero-order valence-corrected chi connectivity index (χ0v) is 9.02. The summed E-state index contributed by atoms with van der Waals surface area (Å²) in [6.45, 7) is 3.26. The number of hydrogen-bond acceptors (Lipinski definition) is 3. The molecule has 1 aromatic carbocycles. The van der Waals surface area contributed by atoms with Gasteiger partial charge in [-0.1, -0.05) is 13.0 Å². The minimum atomic E-state index is -0.228. The predicted octanol–water partition coefficient (Wildman–Crippen LogP) is 1.52. The Hall–Kier alpha value is -1.75. The van der Waals surface area contributed by atoms with Gasteiger partial charge in [-0.25, -0.2) is 14.1 Å². The summed E-state index contributed by atoms with van der Waals surface area (Å²) >= 11 is 0. The van der Waals surface area contributed by atoms with E-state index in [1.54, 1.807) is 17.1 Å². The molecule has 0 atom stereocenters. The van der Waals surface area contributed by atoms with Crippen LogP contribution in [0.3, 0.4) is 0 Å². The van der Waals surface area contributed by atoms with Crippen LogP contribution in [0, 0.1) is 5.82 Å². The summed E-state index contributed by atoms with van der Waals surface area (Å²) in [5.41, 5.74) is 1.33. The third-order valence-electron chi connectivity index (χ3n) is 2.31. The maximum atomic E-state index is 13.7. The molecule has 0 spiro atoms. The molecule has 0 amide bonds. The number of rotatable bonds is 4. The molecule has 0 saturated carbocycles. The Kier molecular flexibility index (Phi) is 3.26. The molecule has 0 bridgehead atoms. The molecule has 0 saturated heterocycles. The first-order chi connectivity index (χ1) is 7.83. The first-order valence-corrected chi connectivity index (χ1v) is 5.16. The van der Waals surface area contributed by atoms with Gasteiger partial charge in [0.05, 0.1) is 5.69 Å². The summed E-state index contributed by atoms with van der Waals surface area (Å²) in [6.07, 6.45) is 2.99. The van der Waals surface area contributed by atoms with Crippen molar-refractivity contribution in [3.63, 3.8) is 0 Å². The van der Waals surface area contributed by atoms with Crippen LogP contribution >= 0.6 is 0 Å². The first-order valence-electron chi connectivity index (χ1n) is 5.16. The number of nitrogens with one attached hydrogen (secondary N) is 1. The standard InChI is InChI=1S/C11H13FN4/c1-2-13-6-9-10(12)4-3-5-11(9)16-8-14-7-15-16/h3-5,7-8,13H,2,6H2,1H3. The summed E-state index contributed by atoms with van der Waals surface area (Å²) < 4.78 is 15.2. The van der Waals surface area contributed by atoms with Gasteiger partial charge in [0.2, 0.25) is 0 Å². The molecule has 0 fully saturated rings. The second kappa shape index (κ2) is 4.85. The fourth-order valence-corrected chi connectivity index (χ4v) is 1.52. The molecule has 1 heterocycles. The molecular formula is C11H13FN4. The van der Waals surface area contributed by atoms with Crippen LogP contribution in [-0.4, -0.2) is 21.3 Å². The van der Waals surface area contributed by atoms with Crippen LogP contribution in [0.2, 0.25) is 0 Å². The summed E-state index contributed by atoms with van der Waals surface area (Å²) in [5, 5.41) is 7.11. The zero-order valence-electron chi connectivity index (χ0n) is 9.02. The molecule has 0 unspecified atom stereocenters. The van der Waals surface area contributed by atoms with Crippen molar-refractivity contribution in [1.82, 2.24) is 20.1 Å². The van der Waals surface area contributed by atoms with E-state index in [0.29, 0.717) is 12.1 Å². The molecule has 2 rings (SSSR count). The number of halogens is 1. The highest BCUT2D eigenvalue weighted by atomic mass is 19.1. The molecule has 16 heavy (non-hydrogen) atoms. The maximum Gasteiger partial charge on any atom is 0.138 e. The Morgan fingerprint density at radius 1 is 1.44 bits per heavy atom. The molecule has 0 aliphatic rings. The lowest BCUT2D eigenvalue weighted by Gasteiger charge is -2.10. The topological polar surface area (TPSA) is 42.7 Å². The largest absolute Gasteiger partial charge is 0.313 e. The molecule has 1 aromatic heterocycles. The number of benzene rings is 1. The highest BCUT2D eigenvalue weighted by Gasteiger charge is 2.09. The Labute approximate surface area is 93.1 Å². The maximum absolute atomic E-state index is 13.7. The molecule has 1 N–H and O–H groups in total. The van der Waals surface area contributed by atoms with E-state index in [-0.39, 0.29) is 5.82 Å². The summed E-state index contributed by atoms with van der Waals surface area (Å²) in [7, 11) is 0. The van der Waals surface area contributed by atoms with Gasteiger partial charge >= 0.3 is 0 Å². The van der Waals surface area contributed by atoms with Crippen LogP contribution in [0.4, 0.5) is 4.39 Å². The van der Waals surface area contributed by atoms with Gasteiger partial charge in [-0.2, -0.15) is 5.10 Å². The van der Waals surface area contributed by atoms with Crippen LogP contribution in [-0.2, 0) is 6.54 Å². The molecule has 0 aliphatic carbocycles. The van der Waals surface area contributed by atoms with Gasteiger partial charge in [0.25, 0.3) is 0 Å². The van der Waals surface area contributed by atoms with Gasteiger partial charge < -0.3 is 5.32 Å². The van der Waals surface area contributed by atoms with Crippen LogP contribution < -0.4 is 5.32 Å². The summed E-state index contributed by atoms with van der Waals surface area (Å²) in [4.78, 5) is 3.86. The van der Waals surface area contributed by atoms with Crippen LogP contribution in [0.1, 0.15) is 12.5 Å². The number of aromatic nitrogens is 3. The fourth-order valence-electron chi connectivity index (χ4n) is 1.52. The van der Waals surface area contributed by atoms with Gasteiger partial charge in [0.1, 0.15) is 18.5 Å². The van der Waals surface area contributed by atoms with E-state index in [1.807, 2.05) is 13.0 Å². The van der Waals surface area contributed by atoms with E-state index >= 15 is 0 Å². The first kappa shape index (κ1) is 10.8. The Morgan fingerprint density at radius 2 is 2.31 bits per heavy atom. The van der Waals surface area contributed by atoms with E-state index in [4.69, 9.17) is 0 Å². The minimum Gasteiger partial charge on any atom is -0.313 e.